The summed E-state index contributed by atoms with van der Waals surface area (Å²) >= 11 is 0. The molecule has 0 aliphatic heterocycles. The minimum atomic E-state index is -0.0111. The molecule has 0 aliphatic carbocycles. The van der Waals surface area contributed by atoms with Crippen LogP contribution < -0.4 is 5.32 Å². The molecular formula is C17H23N3O2. The molecule has 1 aromatic heterocycles. The van der Waals surface area contributed by atoms with Gasteiger partial charge in [0.25, 0.3) is 0 Å². The minimum Gasteiger partial charge on any atom is -0.361 e. The molecule has 1 aromatic carbocycles. The van der Waals surface area contributed by atoms with Gasteiger partial charge in [0.15, 0.2) is 0 Å². The summed E-state index contributed by atoms with van der Waals surface area (Å²) in [5.74, 6) is 0.777. The Kier molecular flexibility index (Phi) is 5.72. The number of nitrogens with one attached hydrogen (secondary N) is 1. The fourth-order valence-electron chi connectivity index (χ4n) is 2.36. The number of nitrogens with zero attached hydrogens (tertiary/aromatic N) is 2. The first-order valence-electron chi connectivity index (χ1n) is 7.58. The number of rotatable bonds is 7. The first-order valence-corrected chi connectivity index (χ1v) is 7.58. The fraction of sp³-hybridized carbons (Fsp3) is 0.412. The predicted molar refractivity (Wildman–Crippen MR) is 86.6 cm³/mol. The van der Waals surface area contributed by atoms with Gasteiger partial charge in [-0.05, 0) is 38.4 Å². The molecule has 0 fully saturated rings. The topological polar surface area (TPSA) is 58.4 Å². The largest absolute Gasteiger partial charge is 0.361 e. The third kappa shape index (κ3) is 4.70. The highest BCUT2D eigenvalue weighted by molar-refractivity contribution is 5.92. The number of aromatic nitrogens is 1. The van der Waals surface area contributed by atoms with Gasteiger partial charge in [-0.25, -0.2) is 0 Å². The van der Waals surface area contributed by atoms with Crippen LogP contribution in [0.2, 0.25) is 0 Å². The van der Waals surface area contributed by atoms with E-state index in [1.807, 2.05) is 44.2 Å². The molecule has 0 unspecified atom stereocenters. The molecule has 0 spiro atoms. The Hall–Kier alpha value is -2.14. The van der Waals surface area contributed by atoms with E-state index in [0.717, 1.165) is 35.7 Å². The van der Waals surface area contributed by atoms with Crippen LogP contribution in [0.15, 0.2) is 34.9 Å². The van der Waals surface area contributed by atoms with E-state index in [1.165, 1.54) is 0 Å². The number of amides is 1. The molecule has 0 atom stereocenters. The van der Waals surface area contributed by atoms with Crippen molar-refractivity contribution in [2.75, 3.05) is 18.4 Å². The van der Waals surface area contributed by atoms with Gasteiger partial charge in [-0.15, -0.1) is 0 Å². The van der Waals surface area contributed by atoms with E-state index in [2.05, 4.69) is 22.3 Å². The predicted octanol–water partition coefficient (Wildman–Crippen LogP) is 3.14. The Bertz CT molecular complexity index is 622. The van der Waals surface area contributed by atoms with Gasteiger partial charge in [0.2, 0.25) is 5.91 Å². The summed E-state index contributed by atoms with van der Waals surface area (Å²) in [6.45, 7) is 7.75. The van der Waals surface area contributed by atoms with E-state index in [-0.39, 0.29) is 5.91 Å². The van der Waals surface area contributed by atoms with Gasteiger partial charge in [0.1, 0.15) is 5.76 Å². The first kappa shape index (κ1) is 16.2. The van der Waals surface area contributed by atoms with Crippen LogP contribution in [0.3, 0.4) is 0 Å². The molecule has 0 saturated carbocycles. The van der Waals surface area contributed by atoms with E-state index in [1.54, 1.807) is 0 Å². The van der Waals surface area contributed by atoms with E-state index < -0.39 is 0 Å². The molecule has 2 rings (SSSR count). The smallest absolute Gasteiger partial charge is 0.238 e. The Morgan fingerprint density at radius 3 is 2.73 bits per heavy atom. The number of hydrogen-bond donors (Lipinski definition) is 1. The van der Waals surface area contributed by atoms with E-state index in [4.69, 9.17) is 4.52 Å². The standard InChI is InChI=1S/C17H23N3O2/c1-4-9-20(11-15-10-14(3)22-19-15)12-17(21)18-16-8-6-5-7-13(16)2/h5-8,10H,4,9,11-12H2,1-3H3,(H,18,21). The maximum Gasteiger partial charge on any atom is 0.238 e. The molecule has 5 heteroatoms. The first-order chi connectivity index (χ1) is 10.6. The van der Waals surface area contributed by atoms with Crippen molar-refractivity contribution in [3.63, 3.8) is 0 Å². The van der Waals surface area contributed by atoms with Crippen LogP contribution in [-0.2, 0) is 11.3 Å². The molecule has 0 radical (unpaired) electrons. The van der Waals surface area contributed by atoms with Gasteiger partial charge in [0.05, 0.1) is 12.2 Å². The molecule has 1 N–H and O–H groups in total. The van der Waals surface area contributed by atoms with Crippen LogP contribution in [0.5, 0.6) is 0 Å². The summed E-state index contributed by atoms with van der Waals surface area (Å²) in [5.41, 5.74) is 2.78. The monoisotopic (exact) mass is 301 g/mol. The highest BCUT2D eigenvalue weighted by atomic mass is 16.5. The Labute approximate surface area is 131 Å². The van der Waals surface area contributed by atoms with Crippen LogP contribution in [0, 0.1) is 13.8 Å². The third-order valence-corrected chi connectivity index (χ3v) is 3.39. The lowest BCUT2D eigenvalue weighted by atomic mass is 10.2. The van der Waals surface area contributed by atoms with E-state index in [9.17, 15) is 4.79 Å². The molecule has 118 valence electrons. The molecule has 0 saturated heterocycles. The fourth-order valence-corrected chi connectivity index (χ4v) is 2.36. The Balaban J connectivity index is 1.95. The van der Waals surface area contributed by atoms with Crippen LogP contribution >= 0.6 is 0 Å². The zero-order chi connectivity index (χ0) is 15.9. The zero-order valence-corrected chi connectivity index (χ0v) is 13.4. The SMILES string of the molecule is CCCN(CC(=O)Nc1ccccc1C)Cc1cc(C)on1. The van der Waals surface area contributed by atoms with Crippen molar-refractivity contribution < 1.29 is 9.32 Å². The zero-order valence-electron chi connectivity index (χ0n) is 13.4. The van der Waals surface area contributed by atoms with Crippen LogP contribution in [0.1, 0.15) is 30.4 Å². The van der Waals surface area contributed by atoms with Crippen molar-refractivity contribution in [3.8, 4) is 0 Å². The Morgan fingerprint density at radius 1 is 1.32 bits per heavy atom. The summed E-state index contributed by atoms with van der Waals surface area (Å²) in [4.78, 5) is 14.3. The number of benzene rings is 1. The second-order valence-electron chi connectivity index (χ2n) is 5.50. The van der Waals surface area contributed by atoms with Gasteiger partial charge in [-0.2, -0.15) is 0 Å². The summed E-state index contributed by atoms with van der Waals surface area (Å²) < 4.78 is 5.08. The van der Waals surface area contributed by atoms with Gasteiger partial charge in [0, 0.05) is 18.3 Å². The second kappa shape index (κ2) is 7.75. The molecule has 1 heterocycles. The van der Waals surface area contributed by atoms with Crippen molar-refractivity contribution in [2.24, 2.45) is 0 Å². The summed E-state index contributed by atoms with van der Waals surface area (Å²) in [5, 5.41) is 6.96. The number of carbonyl (C=O) groups is 1. The number of carbonyl (C=O) groups excluding carboxylic acids is 1. The Morgan fingerprint density at radius 2 is 2.09 bits per heavy atom. The molecule has 22 heavy (non-hydrogen) atoms. The molecule has 2 aromatic rings. The maximum atomic E-state index is 12.2. The number of aryl methyl sites for hydroxylation is 2. The normalized spacial score (nSPS) is 10.9. The van der Waals surface area contributed by atoms with Crippen LogP contribution in [0.25, 0.3) is 0 Å². The maximum absolute atomic E-state index is 12.2. The molecule has 5 nitrogen and oxygen atoms in total. The third-order valence-electron chi connectivity index (χ3n) is 3.39. The van der Waals surface area contributed by atoms with Crippen molar-refractivity contribution in [1.29, 1.82) is 0 Å². The van der Waals surface area contributed by atoms with Crippen LogP contribution in [-0.4, -0.2) is 29.1 Å². The average molecular weight is 301 g/mol. The minimum absolute atomic E-state index is 0.0111. The number of para-hydroxylation sites is 1. The summed E-state index contributed by atoms with van der Waals surface area (Å²) in [7, 11) is 0. The number of hydrogen-bond acceptors (Lipinski definition) is 4. The summed E-state index contributed by atoms with van der Waals surface area (Å²) in [6.07, 6.45) is 0.981. The molecule has 0 bridgehead atoms. The molecule has 0 aliphatic rings. The van der Waals surface area contributed by atoms with Gasteiger partial charge >= 0.3 is 0 Å². The van der Waals surface area contributed by atoms with E-state index in [0.29, 0.717) is 13.1 Å². The van der Waals surface area contributed by atoms with E-state index >= 15 is 0 Å². The molecular weight excluding hydrogens is 278 g/mol. The van der Waals surface area contributed by atoms with Crippen molar-refractivity contribution in [1.82, 2.24) is 10.1 Å². The quantitative estimate of drug-likeness (QED) is 0.853. The lowest BCUT2D eigenvalue weighted by molar-refractivity contribution is -0.117. The van der Waals surface area contributed by atoms with Crippen molar-refractivity contribution in [2.45, 2.75) is 33.7 Å². The summed E-state index contributed by atoms with van der Waals surface area (Å²) in [6, 6.07) is 9.68. The lowest BCUT2D eigenvalue weighted by Gasteiger charge is -2.20. The van der Waals surface area contributed by atoms with Gasteiger partial charge < -0.3 is 9.84 Å². The highest BCUT2D eigenvalue weighted by Gasteiger charge is 2.13. The van der Waals surface area contributed by atoms with Crippen molar-refractivity contribution in [3.05, 3.63) is 47.3 Å². The highest BCUT2D eigenvalue weighted by Crippen LogP contribution is 2.13. The van der Waals surface area contributed by atoms with Gasteiger partial charge in [-0.1, -0.05) is 30.3 Å². The van der Waals surface area contributed by atoms with Gasteiger partial charge in [-0.3, -0.25) is 9.69 Å². The molecule has 1 amide bonds. The average Bonchev–Trinajstić information content (AvgIpc) is 2.87. The van der Waals surface area contributed by atoms with Crippen molar-refractivity contribution >= 4 is 11.6 Å². The second-order valence-corrected chi connectivity index (χ2v) is 5.50. The lowest BCUT2D eigenvalue weighted by Crippen LogP contribution is -2.33. The van der Waals surface area contributed by atoms with Crippen LogP contribution in [0.4, 0.5) is 5.69 Å². The number of anilines is 1.